The molecule has 9 heteroatoms. The molecule has 0 radical (unpaired) electrons. The fourth-order valence-electron chi connectivity index (χ4n) is 2.57. The smallest absolute Gasteiger partial charge is 0.365 e. The van der Waals surface area contributed by atoms with Gasteiger partial charge in [0.15, 0.2) is 0 Å². The lowest BCUT2D eigenvalue weighted by atomic mass is 10.1. The zero-order valence-electron chi connectivity index (χ0n) is 12.7. The third kappa shape index (κ3) is 2.42. The van der Waals surface area contributed by atoms with Gasteiger partial charge in [-0.05, 0) is 18.2 Å². The second kappa shape index (κ2) is 5.49. The molecule has 126 valence electrons. The van der Waals surface area contributed by atoms with E-state index >= 15 is 0 Å². The summed E-state index contributed by atoms with van der Waals surface area (Å²) in [7, 11) is 0. The minimum absolute atomic E-state index is 0.0960. The number of nitrogens with zero attached hydrogens (tertiary/aromatic N) is 4. The molecule has 2 aromatic heterocycles. The summed E-state index contributed by atoms with van der Waals surface area (Å²) >= 11 is 0. The molecule has 9 nitrogen and oxygen atoms in total. The molecule has 0 fully saturated rings. The molecule has 0 amide bonds. The van der Waals surface area contributed by atoms with E-state index in [0.29, 0.717) is 27.0 Å². The van der Waals surface area contributed by atoms with Crippen LogP contribution in [-0.2, 0) is 0 Å². The summed E-state index contributed by atoms with van der Waals surface area (Å²) in [4.78, 5) is 25.7. The topological polar surface area (TPSA) is 120 Å². The number of anilines is 1. The van der Waals surface area contributed by atoms with Gasteiger partial charge in [0.05, 0.1) is 29.0 Å². The van der Waals surface area contributed by atoms with Crippen molar-refractivity contribution >= 4 is 34.5 Å². The number of aromatic nitrogens is 2. The van der Waals surface area contributed by atoms with Gasteiger partial charge in [-0.2, -0.15) is 0 Å². The number of aromatic hydroxyl groups is 2. The Labute approximate surface area is 140 Å². The van der Waals surface area contributed by atoms with Crippen molar-refractivity contribution in [3.8, 4) is 11.8 Å². The van der Waals surface area contributed by atoms with E-state index < -0.39 is 17.7 Å². The second-order valence-electron chi connectivity index (χ2n) is 5.34. The lowest BCUT2D eigenvalue weighted by molar-refractivity contribution is 0.0381. The third-order valence-corrected chi connectivity index (χ3v) is 3.78. The van der Waals surface area contributed by atoms with Crippen molar-refractivity contribution < 1.29 is 25.1 Å². The highest BCUT2D eigenvalue weighted by Crippen LogP contribution is 2.37. The predicted molar refractivity (Wildman–Crippen MR) is 87.7 cm³/mol. The van der Waals surface area contributed by atoms with Crippen LogP contribution in [0.3, 0.4) is 0 Å². The molecule has 0 atom stereocenters. The molecular weight excluding hydrogens is 328 g/mol. The van der Waals surface area contributed by atoms with Crippen molar-refractivity contribution in [3.63, 3.8) is 0 Å². The summed E-state index contributed by atoms with van der Waals surface area (Å²) in [6.07, 6.45) is 2.86. The van der Waals surface area contributed by atoms with Gasteiger partial charge in [-0.3, -0.25) is 15.2 Å². The molecule has 3 N–H and O–H groups in total. The molecule has 0 saturated carbocycles. The molecule has 0 spiro atoms. The molecular formula is C16H12N4O5. The van der Waals surface area contributed by atoms with Gasteiger partial charge in [0, 0.05) is 29.9 Å². The minimum atomic E-state index is -0.825. The monoisotopic (exact) mass is 340 g/mol. The Balaban J connectivity index is 1.76. The van der Waals surface area contributed by atoms with Crippen LogP contribution in [0.4, 0.5) is 11.4 Å². The van der Waals surface area contributed by atoms with E-state index in [2.05, 4.69) is 9.98 Å². The molecule has 0 unspecified atom stereocenters. The maximum Gasteiger partial charge on any atom is 0.365 e. The first-order valence-electron chi connectivity index (χ1n) is 7.28. The first-order chi connectivity index (χ1) is 12.0. The zero-order chi connectivity index (χ0) is 17.6. The van der Waals surface area contributed by atoms with Crippen LogP contribution in [0.1, 0.15) is 10.4 Å². The van der Waals surface area contributed by atoms with Crippen LogP contribution < -0.4 is 9.90 Å². The molecule has 3 aromatic rings. The van der Waals surface area contributed by atoms with Gasteiger partial charge in [-0.1, -0.05) is 0 Å². The van der Waals surface area contributed by atoms with E-state index in [4.69, 9.17) is 4.84 Å². The van der Waals surface area contributed by atoms with Gasteiger partial charge in [-0.25, -0.2) is 9.86 Å². The highest BCUT2D eigenvalue weighted by atomic mass is 16.7. The normalized spacial score (nSPS) is 13.1. The summed E-state index contributed by atoms with van der Waals surface area (Å²) in [5, 5.41) is 30.6. The lowest BCUT2D eigenvalue weighted by Gasteiger charge is -2.21. The molecule has 3 heterocycles. The predicted octanol–water partition coefficient (Wildman–Crippen LogP) is 1.63. The largest absolute Gasteiger partial charge is 0.492 e. The number of rotatable bonds is 2. The Morgan fingerprint density at radius 3 is 2.68 bits per heavy atom. The summed E-state index contributed by atoms with van der Waals surface area (Å²) < 4.78 is 0.598. The average Bonchev–Trinajstić information content (AvgIpc) is 2.93. The number of hydrogen-bond donors (Lipinski definition) is 3. The van der Waals surface area contributed by atoms with Crippen molar-refractivity contribution in [2.24, 2.45) is 4.99 Å². The molecule has 0 saturated heterocycles. The average molecular weight is 340 g/mol. The van der Waals surface area contributed by atoms with Crippen molar-refractivity contribution in [3.05, 3.63) is 42.1 Å². The fourth-order valence-corrected chi connectivity index (χ4v) is 2.57. The first kappa shape index (κ1) is 15.0. The molecule has 1 aliphatic heterocycles. The molecule has 1 aromatic carbocycles. The summed E-state index contributed by atoms with van der Waals surface area (Å²) in [5.41, 5.74) is 1.68. The van der Waals surface area contributed by atoms with Crippen LogP contribution in [0.15, 0.2) is 41.5 Å². The minimum Gasteiger partial charge on any atom is -0.492 e. The Bertz CT molecular complexity index is 1010. The van der Waals surface area contributed by atoms with Gasteiger partial charge < -0.3 is 15.1 Å². The van der Waals surface area contributed by atoms with Crippen LogP contribution in [0.25, 0.3) is 10.9 Å². The van der Waals surface area contributed by atoms with Crippen LogP contribution in [0.5, 0.6) is 11.8 Å². The Hall–Kier alpha value is -3.59. The number of hydroxylamine groups is 1. The van der Waals surface area contributed by atoms with Crippen LogP contribution in [0.2, 0.25) is 0 Å². The van der Waals surface area contributed by atoms with E-state index in [1.165, 1.54) is 24.4 Å². The summed E-state index contributed by atoms with van der Waals surface area (Å²) in [6.45, 7) is 0.264. The van der Waals surface area contributed by atoms with E-state index in [1.54, 1.807) is 18.3 Å². The molecule has 4 rings (SSSR count). The quantitative estimate of drug-likeness (QED) is 0.648. The highest BCUT2D eigenvalue weighted by Gasteiger charge is 2.19. The van der Waals surface area contributed by atoms with E-state index in [0.717, 1.165) is 5.06 Å². The maximum absolute atomic E-state index is 12.3. The molecule has 1 aliphatic rings. The molecule has 25 heavy (non-hydrogen) atoms. The van der Waals surface area contributed by atoms with Gasteiger partial charge >= 0.3 is 5.97 Å². The lowest BCUT2D eigenvalue weighted by Crippen LogP contribution is -2.23. The van der Waals surface area contributed by atoms with E-state index in [9.17, 15) is 20.2 Å². The number of hydrogen-bond acceptors (Lipinski definition) is 8. The molecule has 0 aliphatic carbocycles. The summed E-state index contributed by atoms with van der Waals surface area (Å²) in [6, 6.07) is 7.29. The van der Waals surface area contributed by atoms with Crippen LogP contribution in [-0.4, -0.2) is 43.9 Å². The van der Waals surface area contributed by atoms with Crippen molar-refractivity contribution in [1.82, 2.24) is 9.71 Å². The van der Waals surface area contributed by atoms with Gasteiger partial charge in [0.1, 0.15) is 0 Å². The summed E-state index contributed by atoms with van der Waals surface area (Å²) in [5.74, 6) is -1.66. The number of fused-ring (bicyclic) bond motifs is 3. The van der Waals surface area contributed by atoms with E-state index in [-0.39, 0.29) is 12.1 Å². The van der Waals surface area contributed by atoms with Crippen molar-refractivity contribution in [1.29, 1.82) is 0 Å². The highest BCUT2D eigenvalue weighted by molar-refractivity contribution is 6.03. The Morgan fingerprint density at radius 1 is 1.16 bits per heavy atom. The van der Waals surface area contributed by atoms with Gasteiger partial charge in [0.2, 0.25) is 11.8 Å². The molecule has 0 bridgehead atoms. The number of benzene rings is 1. The van der Waals surface area contributed by atoms with Gasteiger partial charge in [-0.15, -0.1) is 4.73 Å². The van der Waals surface area contributed by atoms with Crippen LogP contribution in [0, 0.1) is 0 Å². The third-order valence-electron chi connectivity index (χ3n) is 3.78. The van der Waals surface area contributed by atoms with Gasteiger partial charge in [0.25, 0.3) is 0 Å². The van der Waals surface area contributed by atoms with Crippen molar-refractivity contribution in [2.45, 2.75) is 0 Å². The number of aliphatic imine (C=N–C) groups is 1. The van der Waals surface area contributed by atoms with Crippen molar-refractivity contribution in [2.75, 3.05) is 11.6 Å². The second-order valence-corrected chi connectivity index (χ2v) is 5.34. The maximum atomic E-state index is 12.3. The Kier molecular flexibility index (Phi) is 3.29. The Morgan fingerprint density at radius 2 is 1.92 bits per heavy atom. The number of carbonyl (C=O) groups excluding carboxylic acids is 1. The standard InChI is InChI=1S/C16H12N4O5/c21-13-3-4-14(22)20(13)25-16(23)9-7-10-11(18-8-9)1-2-12-15(10)17-5-6-19(12)24/h1-5,7-8,21-22,24H,6H2. The zero-order valence-corrected chi connectivity index (χ0v) is 12.7. The number of pyridine rings is 1. The van der Waals surface area contributed by atoms with Crippen LogP contribution >= 0.6 is 0 Å². The number of carbonyl (C=O) groups is 1. The SMILES string of the molecule is O=C(On1c(O)ccc1O)c1cnc2ccc3c(c2c1)N=CCN3O. The fraction of sp³-hybridized carbons (Fsp3) is 0.0625. The first-order valence-corrected chi connectivity index (χ1v) is 7.28. The van der Waals surface area contributed by atoms with E-state index in [1.807, 2.05) is 0 Å².